The molecule has 1 fully saturated rings. The van der Waals surface area contributed by atoms with Crippen LogP contribution in [0.2, 0.25) is 0 Å². The molecule has 22 heavy (non-hydrogen) atoms. The second-order valence-corrected chi connectivity index (χ2v) is 5.68. The fraction of sp³-hybridized carbons (Fsp3) is 0.600. The molecule has 1 aromatic rings. The molecule has 0 aliphatic carbocycles. The highest BCUT2D eigenvalue weighted by Gasteiger charge is 2.47. The van der Waals surface area contributed by atoms with Crippen molar-refractivity contribution in [2.75, 3.05) is 13.2 Å². The second kappa shape index (κ2) is 6.93. The Labute approximate surface area is 129 Å². The maximum absolute atomic E-state index is 12.3. The van der Waals surface area contributed by atoms with Crippen molar-refractivity contribution in [2.45, 2.75) is 44.9 Å². The number of furan rings is 1. The van der Waals surface area contributed by atoms with Crippen LogP contribution in [0.25, 0.3) is 0 Å². The van der Waals surface area contributed by atoms with Gasteiger partial charge in [0.25, 0.3) is 5.91 Å². The van der Waals surface area contributed by atoms with Crippen LogP contribution in [0.15, 0.2) is 22.8 Å². The van der Waals surface area contributed by atoms with E-state index in [9.17, 15) is 14.7 Å². The van der Waals surface area contributed by atoms with Gasteiger partial charge in [-0.1, -0.05) is 13.3 Å². The van der Waals surface area contributed by atoms with Gasteiger partial charge in [-0.15, -0.1) is 0 Å². The number of aliphatic hydroxyl groups is 1. The maximum Gasteiger partial charge on any atom is 0.325 e. The zero-order valence-corrected chi connectivity index (χ0v) is 12.9. The summed E-state index contributed by atoms with van der Waals surface area (Å²) in [6, 6.07) is 3.04. The Kier molecular flexibility index (Phi) is 5.20. The molecule has 2 N–H and O–H groups in total. The number of ether oxygens (including phenoxy) is 1. The smallest absolute Gasteiger partial charge is 0.325 e. The molecule has 1 saturated heterocycles. The van der Waals surface area contributed by atoms with Gasteiger partial charge in [0.15, 0.2) is 0 Å². The predicted molar refractivity (Wildman–Crippen MR) is 77.9 cm³/mol. The highest BCUT2D eigenvalue weighted by atomic mass is 16.5. The number of β-amino-alcohol motifs (C(OH)–C–C–N with tert-alkyl or cyclic N) is 1. The van der Waals surface area contributed by atoms with E-state index in [1.165, 1.54) is 6.26 Å². The van der Waals surface area contributed by atoms with Crippen LogP contribution < -0.4 is 5.32 Å². The SMILES string of the molecule is CCCC1(C)NC(=O)N(CC(O)COCc2ccco2)C1=O. The summed E-state index contributed by atoms with van der Waals surface area (Å²) in [7, 11) is 0. The number of imide groups is 1. The third kappa shape index (κ3) is 3.66. The van der Waals surface area contributed by atoms with Crippen LogP contribution in [0.1, 0.15) is 32.4 Å². The molecular weight excluding hydrogens is 288 g/mol. The number of carbonyl (C=O) groups excluding carboxylic acids is 2. The minimum Gasteiger partial charge on any atom is -0.467 e. The minimum atomic E-state index is -0.936. The molecule has 1 aromatic heterocycles. The zero-order chi connectivity index (χ0) is 16.2. The number of hydrogen-bond acceptors (Lipinski definition) is 5. The Morgan fingerprint density at radius 2 is 2.27 bits per heavy atom. The zero-order valence-electron chi connectivity index (χ0n) is 12.9. The van der Waals surface area contributed by atoms with Crippen LogP contribution in [0.4, 0.5) is 4.79 Å². The highest BCUT2D eigenvalue weighted by Crippen LogP contribution is 2.22. The largest absolute Gasteiger partial charge is 0.467 e. The van der Waals surface area contributed by atoms with Crippen LogP contribution in [-0.2, 0) is 16.1 Å². The molecule has 7 nitrogen and oxygen atoms in total. The quantitative estimate of drug-likeness (QED) is 0.705. The Morgan fingerprint density at radius 3 is 2.91 bits per heavy atom. The molecule has 2 rings (SSSR count). The van der Waals surface area contributed by atoms with Gasteiger partial charge in [0.2, 0.25) is 0 Å². The van der Waals surface area contributed by atoms with Crippen molar-refractivity contribution in [2.24, 2.45) is 0 Å². The van der Waals surface area contributed by atoms with Crippen molar-refractivity contribution in [1.29, 1.82) is 0 Å². The second-order valence-electron chi connectivity index (χ2n) is 5.68. The first-order valence-electron chi connectivity index (χ1n) is 7.38. The van der Waals surface area contributed by atoms with E-state index in [1.54, 1.807) is 19.1 Å². The third-order valence-electron chi connectivity index (χ3n) is 3.62. The van der Waals surface area contributed by atoms with Crippen LogP contribution in [0.5, 0.6) is 0 Å². The van der Waals surface area contributed by atoms with E-state index in [0.717, 1.165) is 11.3 Å². The Balaban J connectivity index is 1.82. The molecule has 2 unspecified atom stereocenters. The fourth-order valence-electron chi connectivity index (χ4n) is 2.54. The number of nitrogens with zero attached hydrogens (tertiary/aromatic N) is 1. The van der Waals surface area contributed by atoms with Gasteiger partial charge in [-0.25, -0.2) is 4.79 Å². The molecule has 3 amide bonds. The third-order valence-corrected chi connectivity index (χ3v) is 3.62. The first-order valence-corrected chi connectivity index (χ1v) is 7.38. The molecule has 0 spiro atoms. The lowest BCUT2D eigenvalue weighted by molar-refractivity contribution is -0.132. The number of carbonyl (C=O) groups is 2. The van der Waals surface area contributed by atoms with Gasteiger partial charge < -0.3 is 19.6 Å². The van der Waals surface area contributed by atoms with Crippen molar-refractivity contribution in [3.05, 3.63) is 24.2 Å². The van der Waals surface area contributed by atoms with Crippen LogP contribution in [0.3, 0.4) is 0 Å². The Morgan fingerprint density at radius 1 is 1.50 bits per heavy atom. The van der Waals surface area contributed by atoms with Crippen molar-refractivity contribution < 1.29 is 23.8 Å². The Hall–Kier alpha value is -1.86. The summed E-state index contributed by atoms with van der Waals surface area (Å²) in [4.78, 5) is 25.2. The number of rotatable bonds is 8. The van der Waals surface area contributed by atoms with E-state index in [4.69, 9.17) is 9.15 Å². The van der Waals surface area contributed by atoms with E-state index in [-0.39, 0.29) is 25.7 Å². The lowest BCUT2D eigenvalue weighted by Gasteiger charge is -2.21. The van der Waals surface area contributed by atoms with E-state index < -0.39 is 17.7 Å². The first-order chi connectivity index (χ1) is 10.5. The summed E-state index contributed by atoms with van der Waals surface area (Å²) in [6.45, 7) is 3.82. The molecule has 0 saturated carbocycles. The van der Waals surface area contributed by atoms with Crippen LogP contribution in [-0.4, -0.2) is 46.7 Å². The molecule has 0 bridgehead atoms. The summed E-state index contributed by atoms with van der Waals surface area (Å²) in [6.07, 6.45) is 1.95. The summed E-state index contributed by atoms with van der Waals surface area (Å²) in [5.41, 5.74) is -0.874. The van der Waals surface area contributed by atoms with Crippen LogP contribution in [0, 0.1) is 0 Å². The van der Waals surface area contributed by atoms with Gasteiger partial charge in [-0.3, -0.25) is 9.69 Å². The van der Waals surface area contributed by atoms with Crippen LogP contribution >= 0.6 is 0 Å². The van der Waals surface area contributed by atoms with E-state index in [0.29, 0.717) is 12.2 Å². The van der Waals surface area contributed by atoms with Gasteiger partial charge in [-0.05, 0) is 25.5 Å². The van der Waals surface area contributed by atoms with Crippen molar-refractivity contribution in [3.63, 3.8) is 0 Å². The fourth-order valence-corrected chi connectivity index (χ4v) is 2.54. The van der Waals surface area contributed by atoms with E-state index >= 15 is 0 Å². The summed E-state index contributed by atoms with van der Waals surface area (Å²) >= 11 is 0. The van der Waals surface area contributed by atoms with Gasteiger partial charge in [0.05, 0.1) is 25.5 Å². The molecule has 2 atom stereocenters. The molecule has 0 aromatic carbocycles. The maximum atomic E-state index is 12.3. The average molecular weight is 310 g/mol. The Bertz CT molecular complexity index is 516. The highest BCUT2D eigenvalue weighted by molar-refractivity contribution is 6.06. The summed E-state index contributed by atoms with van der Waals surface area (Å²) in [5.74, 6) is 0.349. The van der Waals surface area contributed by atoms with Gasteiger partial charge in [-0.2, -0.15) is 0 Å². The molecule has 122 valence electrons. The molecule has 2 heterocycles. The van der Waals surface area contributed by atoms with Gasteiger partial charge >= 0.3 is 6.03 Å². The molecular formula is C15H22N2O5. The normalized spacial score (nSPS) is 23.0. The van der Waals surface area contributed by atoms with Crippen molar-refractivity contribution in [3.8, 4) is 0 Å². The monoisotopic (exact) mass is 310 g/mol. The van der Waals surface area contributed by atoms with E-state index in [2.05, 4.69) is 5.32 Å². The standard InChI is InChI=1S/C15H22N2O5/c1-3-6-15(2)13(19)17(14(20)16-15)8-11(18)9-21-10-12-5-4-7-22-12/h4-5,7,11,18H,3,6,8-10H2,1-2H3,(H,16,20). The number of nitrogens with one attached hydrogen (secondary N) is 1. The molecule has 1 aliphatic rings. The van der Waals surface area contributed by atoms with Crippen molar-refractivity contribution in [1.82, 2.24) is 10.2 Å². The number of amides is 3. The van der Waals surface area contributed by atoms with Crippen molar-refractivity contribution >= 4 is 11.9 Å². The predicted octanol–water partition coefficient (Wildman–Crippen LogP) is 1.27. The van der Waals surface area contributed by atoms with Gasteiger partial charge in [0, 0.05) is 0 Å². The number of aliphatic hydroxyl groups excluding tert-OH is 1. The topological polar surface area (TPSA) is 92.0 Å². The average Bonchev–Trinajstić information content (AvgIpc) is 3.03. The molecule has 0 radical (unpaired) electrons. The first kappa shape index (κ1) is 16.5. The molecule has 1 aliphatic heterocycles. The van der Waals surface area contributed by atoms with E-state index in [1.807, 2.05) is 6.92 Å². The van der Waals surface area contributed by atoms with Gasteiger partial charge in [0.1, 0.15) is 17.9 Å². The molecule has 7 heteroatoms. The lowest BCUT2D eigenvalue weighted by atomic mass is 9.96. The summed E-state index contributed by atoms with van der Waals surface area (Å²) in [5, 5.41) is 12.6. The summed E-state index contributed by atoms with van der Waals surface area (Å²) < 4.78 is 10.4. The minimum absolute atomic E-state index is 0.0161. The number of hydrogen-bond donors (Lipinski definition) is 2. The lowest BCUT2D eigenvalue weighted by Crippen LogP contribution is -2.44. The number of urea groups is 1.